The second-order valence-electron chi connectivity index (χ2n) is 4.39. The van der Waals surface area contributed by atoms with Gasteiger partial charge in [-0.15, -0.1) is 0 Å². The second kappa shape index (κ2) is 7.48. The zero-order valence-electron chi connectivity index (χ0n) is 10.6. The topological polar surface area (TPSA) is 41.1 Å². The van der Waals surface area contributed by atoms with Crippen LogP contribution in [-0.4, -0.2) is 18.5 Å². The lowest BCUT2D eigenvalue weighted by Crippen LogP contribution is -2.24. The van der Waals surface area contributed by atoms with Gasteiger partial charge in [0, 0.05) is 18.2 Å². The monoisotopic (exact) mass is 316 g/mol. The number of amides is 1. The van der Waals surface area contributed by atoms with Gasteiger partial charge in [0.2, 0.25) is 5.91 Å². The molecule has 2 N–H and O–H groups in total. The van der Waals surface area contributed by atoms with Gasteiger partial charge >= 0.3 is 0 Å². The van der Waals surface area contributed by atoms with Gasteiger partial charge in [-0.05, 0) is 47.1 Å². The highest BCUT2D eigenvalue weighted by Crippen LogP contribution is 2.20. The molecule has 1 aromatic carbocycles. The molecule has 1 amide bonds. The fourth-order valence-electron chi connectivity index (χ4n) is 1.44. The molecule has 1 aromatic rings. The molecule has 0 atom stereocenters. The Bertz CT molecular complexity index is 410. The molecule has 18 heavy (non-hydrogen) atoms. The Morgan fingerprint density at radius 1 is 1.44 bits per heavy atom. The predicted octanol–water partition coefficient (Wildman–Crippen LogP) is 3.30. The van der Waals surface area contributed by atoms with Crippen LogP contribution in [0, 0.1) is 5.82 Å². The molecule has 0 aliphatic rings. The number of rotatable bonds is 6. The van der Waals surface area contributed by atoms with Gasteiger partial charge in [-0.2, -0.15) is 0 Å². The van der Waals surface area contributed by atoms with Crippen molar-refractivity contribution in [1.82, 2.24) is 5.32 Å². The third-order valence-corrected chi connectivity index (χ3v) is 2.94. The van der Waals surface area contributed by atoms with E-state index in [9.17, 15) is 9.18 Å². The molecule has 100 valence electrons. The van der Waals surface area contributed by atoms with Crippen LogP contribution in [0.4, 0.5) is 10.1 Å². The van der Waals surface area contributed by atoms with Crippen LogP contribution in [0.2, 0.25) is 0 Å². The Balaban J connectivity index is 2.33. The summed E-state index contributed by atoms with van der Waals surface area (Å²) in [6.07, 6.45) is 1.24. The molecule has 5 heteroatoms. The number of halogens is 2. The highest BCUT2D eigenvalue weighted by molar-refractivity contribution is 9.10. The summed E-state index contributed by atoms with van der Waals surface area (Å²) in [6, 6.07) is 4.85. The Kier molecular flexibility index (Phi) is 6.29. The summed E-state index contributed by atoms with van der Waals surface area (Å²) in [4.78, 5) is 11.6. The van der Waals surface area contributed by atoms with Crippen LogP contribution in [0.3, 0.4) is 0 Å². The molecule has 3 nitrogen and oxygen atoms in total. The lowest BCUT2D eigenvalue weighted by molar-refractivity contribution is -0.116. The molecule has 0 aliphatic heterocycles. The minimum atomic E-state index is -0.339. The SMILES string of the molecule is CC(C)NCCCC(=O)Nc1ccc(F)c(Br)c1. The van der Waals surface area contributed by atoms with Crippen molar-refractivity contribution in [2.45, 2.75) is 32.7 Å². The van der Waals surface area contributed by atoms with Crippen LogP contribution in [0.15, 0.2) is 22.7 Å². The summed E-state index contributed by atoms with van der Waals surface area (Å²) in [7, 11) is 0. The van der Waals surface area contributed by atoms with Gasteiger partial charge in [-0.1, -0.05) is 13.8 Å². The van der Waals surface area contributed by atoms with Gasteiger partial charge in [0.25, 0.3) is 0 Å². The van der Waals surface area contributed by atoms with E-state index in [4.69, 9.17) is 0 Å². The molecule has 0 fully saturated rings. The first-order valence-electron chi connectivity index (χ1n) is 5.97. The number of benzene rings is 1. The van der Waals surface area contributed by atoms with E-state index in [1.807, 2.05) is 0 Å². The Labute approximate surface area is 115 Å². The summed E-state index contributed by atoms with van der Waals surface area (Å²) >= 11 is 3.08. The predicted molar refractivity (Wildman–Crippen MR) is 75.1 cm³/mol. The van der Waals surface area contributed by atoms with Crippen LogP contribution in [0.1, 0.15) is 26.7 Å². The van der Waals surface area contributed by atoms with Crippen molar-refractivity contribution < 1.29 is 9.18 Å². The zero-order valence-corrected chi connectivity index (χ0v) is 12.2. The molecule has 0 aromatic heterocycles. The van der Waals surface area contributed by atoms with E-state index in [2.05, 4.69) is 40.4 Å². The van der Waals surface area contributed by atoms with Gasteiger partial charge in [-0.3, -0.25) is 4.79 Å². The number of hydrogen-bond donors (Lipinski definition) is 2. The van der Waals surface area contributed by atoms with E-state index < -0.39 is 0 Å². The Morgan fingerprint density at radius 2 is 2.17 bits per heavy atom. The van der Waals surface area contributed by atoms with E-state index in [0.717, 1.165) is 13.0 Å². The summed E-state index contributed by atoms with van der Waals surface area (Å²) in [5, 5.41) is 5.98. The first-order valence-corrected chi connectivity index (χ1v) is 6.76. The molecular formula is C13H18BrFN2O. The fraction of sp³-hybridized carbons (Fsp3) is 0.462. The number of carbonyl (C=O) groups excluding carboxylic acids is 1. The third-order valence-electron chi connectivity index (χ3n) is 2.34. The maximum atomic E-state index is 13.0. The van der Waals surface area contributed by atoms with E-state index in [-0.39, 0.29) is 11.7 Å². The number of hydrogen-bond acceptors (Lipinski definition) is 2. The van der Waals surface area contributed by atoms with E-state index in [1.165, 1.54) is 6.07 Å². The van der Waals surface area contributed by atoms with Crippen LogP contribution < -0.4 is 10.6 Å². The van der Waals surface area contributed by atoms with Crippen LogP contribution >= 0.6 is 15.9 Å². The molecular weight excluding hydrogens is 299 g/mol. The lowest BCUT2D eigenvalue weighted by atomic mass is 10.2. The molecule has 0 saturated carbocycles. The molecule has 0 unspecified atom stereocenters. The second-order valence-corrected chi connectivity index (χ2v) is 5.24. The van der Waals surface area contributed by atoms with Crippen molar-refractivity contribution >= 4 is 27.5 Å². The van der Waals surface area contributed by atoms with E-state index in [1.54, 1.807) is 12.1 Å². The quantitative estimate of drug-likeness (QED) is 0.791. The van der Waals surface area contributed by atoms with Crippen LogP contribution in [0.5, 0.6) is 0 Å². The van der Waals surface area contributed by atoms with E-state index in [0.29, 0.717) is 22.6 Å². The molecule has 0 heterocycles. The normalized spacial score (nSPS) is 10.7. The molecule has 1 rings (SSSR count). The highest BCUT2D eigenvalue weighted by atomic mass is 79.9. The summed E-state index contributed by atoms with van der Waals surface area (Å²) in [5.74, 6) is -0.395. The fourth-order valence-corrected chi connectivity index (χ4v) is 1.82. The van der Waals surface area contributed by atoms with Crippen LogP contribution in [-0.2, 0) is 4.79 Å². The smallest absolute Gasteiger partial charge is 0.224 e. The van der Waals surface area contributed by atoms with Crippen molar-refractivity contribution in [3.63, 3.8) is 0 Å². The van der Waals surface area contributed by atoms with Crippen molar-refractivity contribution in [1.29, 1.82) is 0 Å². The first kappa shape index (κ1) is 15.1. The zero-order chi connectivity index (χ0) is 13.5. The third kappa shape index (κ3) is 5.60. The largest absolute Gasteiger partial charge is 0.326 e. The van der Waals surface area contributed by atoms with Crippen molar-refractivity contribution in [3.05, 3.63) is 28.5 Å². The summed E-state index contributed by atoms with van der Waals surface area (Å²) in [6.45, 7) is 4.95. The number of nitrogens with one attached hydrogen (secondary N) is 2. The summed E-state index contributed by atoms with van der Waals surface area (Å²) < 4.78 is 13.3. The lowest BCUT2D eigenvalue weighted by Gasteiger charge is -2.08. The Morgan fingerprint density at radius 3 is 2.78 bits per heavy atom. The van der Waals surface area contributed by atoms with Gasteiger partial charge in [0.15, 0.2) is 0 Å². The minimum absolute atomic E-state index is 0.0564. The standard InChI is InChI=1S/C13H18BrFN2O/c1-9(2)16-7-3-4-13(18)17-10-5-6-12(15)11(14)8-10/h5-6,8-9,16H,3-4,7H2,1-2H3,(H,17,18). The molecule has 0 bridgehead atoms. The minimum Gasteiger partial charge on any atom is -0.326 e. The molecule has 0 saturated heterocycles. The average molecular weight is 317 g/mol. The van der Waals surface area contributed by atoms with Crippen molar-refractivity contribution in [3.8, 4) is 0 Å². The average Bonchev–Trinajstić information content (AvgIpc) is 2.29. The van der Waals surface area contributed by atoms with Gasteiger partial charge < -0.3 is 10.6 Å². The molecule has 0 aliphatic carbocycles. The summed E-state index contributed by atoms with van der Waals surface area (Å²) in [5.41, 5.74) is 0.602. The molecule has 0 spiro atoms. The van der Waals surface area contributed by atoms with Gasteiger partial charge in [0.1, 0.15) is 5.82 Å². The Hall–Kier alpha value is -0.940. The van der Waals surface area contributed by atoms with Gasteiger partial charge in [-0.25, -0.2) is 4.39 Å². The van der Waals surface area contributed by atoms with Crippen molar-refractivity contribution in [2.75, 3.05) is 11.9 Å². The van der Waals surface area contributed by atoms with E-state index >= 15 is 0 Å². The number of carbonyl (C=O) groups is 1. The van der Waals surface area contributed by atoms with Crippen molar-refractivity contribution in [2.24, 2.45) is 0 Å². The maximum absolute atomic E-state index is 13.0. The highest BCUT2D eigenvalue weighted by Gasteiger charge is 2.05. The first-order chi connectivity index (χ1) is 8.49. The van der Waals surface area contributed by atoms with Crippen LogP contribution in [0.25, 0.3) is 0 Å². The number of anilines is 1. The molecule has 0 radical (unpaired) electrons. The van der Waals surface area contributed by atoms with Gasteiger partial charge in [0.05, 0.1) is 4.47 Å². The maximum Gasteiger partial charge on any atom is 0.224 e.